The average Bonchev–Trinajstić information content (AvgIpc) is 2.93. The van der Waals surface area contributed by atoms with Gasteiger partial charge in [0.05, 0.1) is 6.04 Å². The Balaban J connectivity index is 1.83. The van der Waals surface area contributed by atoms with Crippen molar-refractivity contribution in [2.24, 2.45) is 5.92 Å². The predicted molar refractivity (Wildman–Crippen MR) is 90.7 cm³/mol. The summed E-state index contributed by atoms with van der Waals surface area (Å²) < 4.78 is 3.23. The second-order valence-corrected chi connectivity index (χ2v) is 6.89. The van der Waals surface area contributed by atoms with E-state index in [1.54, 1.807) is 0 Å². The van der Waals surface area contributed by atoms with Gasteiger partial charge in [-0.15, -0.1) is 0 Å². The summed E-state index contributed by atoms with van der Waals surface area (Å²) in [5.74, 6) is 0.857. The van der Waals surface area contributed by atoms with Crippen LogP contribution in [0.3, 0.4) is 0 Å². The summed E-state index contributed by atoms with van der Waals surface area (Å²) in [5.41, 5.74) is 1.39. The van der Waals surface area contributed by atoms with E-state index in [9.17, 15) is 0 Å². The first-order chi connectivity index (χ1) is 9.83. The maximum Gasteiger partial charge on any atom is 0.123 e. The molecule has 0 spiro atoms. The molecule has 1 saturated carbocycles. The minimum Gasteiger partial charge on any atom is -0.264 e. The average molecular weight is 380 g/mol. The molecule has 3 heteroatoms. The Morgan fingerprint density at radius 3 is 2.50 bits per heavy atom. The molecule has 106 valence electrons. The highest BCUT2D eigenvalue weighted by Gasteiger charge is 2.22. The molecule has 1 heterocycles. The van der Waals surface area contributed by atoms with Crippen molar-refractivity contribution < 1.29 is 0 Å². The van der Waals surface area contributed by atoms with E-state index in [2.05, 4.69) is 75.0 Å². The van der Waals surface area contributed by atoms with Crippen molar-refractivity contribution in [2.75, 3.05) is 0 Å². The van der Waals surface area contributed by atoms with Crippen molar-refractivity contribution in [3.8, 4) is 0 Å². The molecule has 0 radical (unpaired) electrons. The molecule has 1 aromatic carbocycles. The molecule has 1 aliphatic carbocycles. The van der Waals surface area contributed by atoms with E-state index >= 15 is 0 Å². The van der Waals surface area contributed by atoms with E-state index in [1.165, 1.54) is 44.1 Å². The molecule has 0 amide bonds. The zero-order chi connectivity index (χ0) is 13.8. The smallest absolute Gasteiger partial charge is 0.123 e. The Hall–Kier alpha value is -0.840. The number of benzene rings is 1. The van der Waals surface area contributed by atoms with Crippen LogP contribution >= 0.6 is 22.6 Å². The standard InChI is InChI=1S/C17H21IN2/c18-17-11-12-20(19-17)16(15-9-5-2-6-10-15)13-14-7-3-1-4-8-14/h2,5-6,9-12,14,16H,1,3-4,7-8,13H2. The van der Waals surface area contributed by atoms with Gasteiger partial charge in [-0.3, -0.25) is 4.68 Å². The first-order valence-electron chi connectivity index (χ1n) is 7.58. The Bertz CT molecular complexity index is 529. The van der Waals surface area contributed by atoms with Gasteiger partial charge in [0, 0.05) is 6.20 Å². The molecule has 3 rings (SSSR count). The Morgan fingerprint density at radius 1 is 1.10 bits per heavy atom. The third-order valence-corrected chi connectivity index (χ3v) is 4.94. The summed E-state index contributed by atoms with van der Waals surface area (Å²) in [7, 11) is 0. The van der Waals surface area contributed by atoms with Gasteiger partial charge in [-0.05, 0) is 46.6 Å². The lowest BCUT2D eigenvalue weighted by molar-refractivity contribution is 0.296. The topological polar surface area (TPSA) is 17.8 Å². The second kappa shape index (κ2) is 6.74. The molecule has 1 unspecified atom stereocenters. The monoisotopic (exact) mass is 380 g/mol. The Morgan fingerprint density at radius 2 is 1.85 bits per heavy atom. The first kappa shape index (κ1) is 14.1. The minimum absolute atomic E-state index is 0.391. The predicted octanol–water partition coefficient (Wildman–Crippen LogP) is 5.05. The van der Waals surface area contributed by atoms with Crippen molar-refractivity contribution in [1.82, 2.24) is 9.78 Å². The molecule has 1 atom stereocenters. The van der Waals surface area contributed by atoms with Crippen molar-refractivity contribution in [3.05, 3.63) is 51.9 Å². The fraction of sp³-hybridized carbons (Fsp3) is 0.471. The van der Waals surface area contributed by atoms with E-state index in [4.69, 9.17) is 0 Å². The van der Waals surface area contributed by atoms with Gasteiger partial charge in [-0.25, -0.2) is 0 Å². The molecule has 0 N–H and O–H groups in total. The highest BCUT2D eigenvalue weighted by atomic mass is 127. The molecular formula is C17H21IN2. The fourth-order valence-electron chi connectivity index (χ4n) is 3.30. The molecule has 0 bridgehead atoms. The quantitative estimate of drug-likeness (QED) is 0.679. The Labute approximate surface area is 134 Å². The molecule has 1 aromatic heterocycles. The largest absolute Gasteiger partial charge is 0.264 e. The molecule has 0 saturated heterocycles. The molecule has 2 aromatic rings. The number of halogens is 1. The van der Waals surface area contributed by atoms with Crippen LogP contribution in [0.15, 0.2) is 42.6 Å². The van der Waals surface area contributed by atoms with Crippen LogP contribution in [0.5, 0.6) is 0 Å². The molecule has 0 aliphatic heterocycles. The van der Waals surface area contributed by atoms with Gasteiger partial charge < -0.3 is 0 Å². The Kier molecular flexibility index (Phi) is 4.76. The van der Waals surface area contributed by atoms with Crippen LogP contribution in [0.2, 0.25) is 0 Å². The van der Waals surface area contributed by atoms with E-state index in [-0.39, 0.29) is 0 Å². The van der Waals surface area contributed by atoms with Gasteiger partial charge in [-0.1, -0.05) is 62.4 Å². The van der Waals surface area contributed by atoms with Gasteiger partial charge in [0.25, 0.3) is 0 Å². The van der Waals surface area contributed by atoms with Crippen molar-refractivity contribution >= 4 is 22.6 Å². The van der Waals surface area contributed by atoms with Crippen LogP contribution in [-0.4, -0.2) is 9.78 Å². The third kappa shape index (κ3) is 3.43. The van der Waals surface area contributed by atoms with E-state index in [0.717, 1.165) is 9.62 Å². The number of aromatic nitrogens is 2. The van der Waals surface area contributed by atoms with Crippen LogP contribution < -0.4 is 0 Å². The number of nitrogens with zero attached hydrogens (tertiary/aromatic N) is 2. The molecule has 20 heavy (non-hydrogen) atoms. The van der Waals surface area contributed by atoms with Crippen LogP contribution in [0.25, 0.3) is 0 Å². The first-order valence-corrected chi connectivity index (χ1v) is 8.66. The van der Waals surface area contributed by atoms with Gasteiger partial charge in [0.2, 0.25) is 0 Å². The maximum absolute atomic E-state index is 4.66. The normalized spacial score (nSPS) is 18.1. The molecular weight excluding hydrogens is 359 g/mol. The van der Waals surface area contributed by atoms with Crippen molar-refractivity contribution in [3.63, 3.8) is 0 Å². The number of hydrogen-bond acceptors (Lipinski definition) is 1. The summed E-state index contributed by atoms with van der Waals surface area (Å²) in [6, 6.07) is 13.3. The lowest BCUT2D eigenvalue weighted by Gasteiger charge is -2.27. The highest BCUT2D eigenvalue weighted by Crippen LogP contribution is 2.33. The van der Waals surface area contributed by atoms with Crippen molar-refractivity contribution in [1.29, 1.82) is 0 Å². The van der Waals surface area contributed by atoms with E-state index in [1.807, 2.05) is 0 Å². The van der Waals surface area contributed by atoms with Crippen LogP contribution in [0.4, 0.5) is 0 Å². The summed E-state index contributed by atoms with van der Waals surface area (Å²) in [6.45, 7) is 0. The van der Waals surface area contributed by atoms with Gasteiger partial charge >= 0.3 is 0 Å². The maximum atomic E-state index is 4.66. The number of rotatable bonds is 4. The third-order valence-electron chi connectivity index (χ3n) is 4.36. The summed E-state index contributed by atoms with van der Waals surface area (Å²) in [5, 5.41) is 4.66. The lowest BCUT2D eigenvalue weighted by atomic mass is 9.83. The molecule has 2 nitrogen and oxygen atoms in total. The summed E-state index contributed by atoms with van der Waals surface area (Å²) in [4.78, 5) is 0. The summed E-state index contributed by atoms with van der Waals surface area (Å²) in [6.07, 6.45) is 10.4. The molecule has 1 fully saturated rings. The zero-order valence-corrected chi connectivity index (χ0v) is 13.9. The fourth-order valence-corrected chi connectivity index (χ4v) is 3.71. The van der Waals surface area contributed by atoms with Crippen LogP contribution in [-0.2, 0) is 0 Å². The highest BCUT2D eigenvalue weighted by molar-refractivity contribution is 14.1. The second-order valence-electron chi connectivity index (χ2n) is 5.78. The summed E-state index contributed by atoms with van der Waals surface area (Å²) >= 11 is 2.29. The lowest BCUT2D eigenvalue weighted by Crippen LogP contribution is -2.18. The van der Waals surface area contributed by atoms with Gasteiger partial charge in [-0.2, -0.15) is 5.10 Å². The van der Waals surface area contributed by atoms with E-state index < -0.39 is 0 Å². The van der Waals surface area contributed by atoms with Gasteiger partial charge in [0.15, 0.2) is 0 Å². The minimum atomic E-state index is 0.391. The van der Waals surface area contributed by atoms with Crippen LogP contribution in [0, 0.1) is 9.62 Å². The number of hydrogen-bond donors (Lipinski definition) is 0. The zero-order valence-electron chi connectivity index (χ0n) is 11.7. The molecule has 1 aliphatic rings. The van der Waals surface area contributed by atoms with Gasteiger partial charge in [0.1, 0.15) is 3.70 Å². The van der Waals surface area contributed by atoms with Crippen LogP contribution in [0.1, 0.15) is 50.1 Å². The van der Waals surface area contributed by atoms with E-state index in [0.29, 0.717) is 6.04 Å². The SMILES string of the molecule is Ic1ccn(C(CC2CCCCC2)c2ccccc2)n1. The van der Waals surface area contributed by atoms with Crippen molar-refractivity contribution in [2.45, 2.75) is 44.6 Å².